The number of hydrogen-bond acceptors (Lipinski definition) is 5. The Morgan fingerprint density at radius 2 is 2.00 bits per heavy atom. The van der Waals surface area contributed by atoms with E-state index in [9.17, 15) is 4.79 Å². The van der Waals surface area contributed by atoms with Gasteiger partial charge >= 0.3 is 6.01 Å². The molecule has 6 heteroatoms. The molecule has 1 aliphatic carbocycles. The van der Waals surface area contributed by atoms with E-state index in [1.165, 1.54) is 12.5 Å². The third-order valence-electron chi connectivity index (χ3n) is 3.61. The highest BCUT2D eigenvalue weighted by Crippen LogP contribution is 2.22. The Morgan fingerprint density at radius 1 is 1.24 bits per heavy atom. The van der Waals surface area contributed by atoms with Gasteiger partial charge in [-0.2, -0.15) is 0 Å². The Labute approximate surface area is 122 Å². The van der Waals surface area contributed by atoms with Gasteiger partial charge in [-0.05, 0) is 37.8 Å². The van der Waals surface area contributed by atoms with Gasteiger partial charge in [0.05, 0.1) is 11.8 Å². The second-order valence-corrected chi connectivity index (χ2v) is 5.11. The summed E-state index contributed by atoms with van der Waals surface area (Å²) in [5, 5.41) is 3.02. The van der Waals surface area contributed by atoms with E-state index in [0.717, 1.165) is 25.7 Å². The van der Waals surface area contributed by atoms with Crippen molar-refractivity contribution in [1.29, 1.82) is 0 Å². The highest BCUT2D eigenvalue weighted by Gasteiger charge is 2.24. The van der Waals surface area contributed by atoms with E-state index in [2.05, 4.69) is 15.3 Å². The molecule has 0 aliphatic heterocycles. The van der Waals surface area contributed by atoms with Crippen LogP contribution in [-0.2, 0) is 0 Å². The number of nitrogens with zero attached hydrogens (tertiary/aromatic N) is 2. The lowest BCUT2D eigenvalue weighted by atomic mass is 9.93. The topological polar surface area (TPSA) is 77.2 Å². The summed E-state index contributed by atoms with van der Waals surface area (Å²) in [4.78, 5) is 20.0. The Kier molecular flexibility index (Phi) is 4.14. The maximum Gasteiger partial charge on any atom is 0.316 e. The van der Waals surface area contributed by atoms with E-state index in [-0.39, 0.29) is 18.1 Å². The molecule has 0 radical (unpaired) electrons. The standard InChI is InChI=1S/C15H17N3O3/c19-14(11-6-9-20-10-11)18-12-2-4-13(5-3-12)21-15-16-7-1-8-17-15/h1,6-10,12-13H,2-5H2,(H,18,19). The Bertz CT molecular complexity index is 563. The molecular weight excluding hydrogens is 270 g/mol. The molecule has 1 N–H and O–H groups in total. The van der Waals surface area contributed by atoms with Crippen LogP contribution < -0.4 is 10.1 Å². The van der Waals surface area contributed by atoms with Crippen molar-refractivity contribution in [1.82, 2.24) is 15.3 Å². The summed E-state index contributed by atoms with van der Waals surface area (Å²) < 4.78 is 10.6. The van der Waals surface area contributed by atoms with Crippen LogP contribution in [0.25, 0.3) is 0 Å². The van der Waals surface area contributed by atoms with Crippen molar-refractivity contribution >= 4 is 5.91 Å². The smallest absolute Gasteiger partial charge is 0.316 e. The van der Waals surface area contributed by atoms with E-state index in [1.807, 2.05) is 0 Å². The predicted octanol–water partition coefficient (Wildman–Crippen LogP) is 2.19. The fourth-order valence-electron chi connectivity index (χ4n) is 2.48. The lowest BCUT2D eigenvalue weighted by Gasteiger charge is -2.28. The second kappa shape index (κ2) is 6.39. The second-order valence-electron chi connectivity index (χ2n) is 5.11. The van der Waals surface area contributed by atoms with E-state index >= 15 is 0 Å². The third-order valence-corrected chi connectivity index (χ3v) is 3.61. The molecule has 2 aromatic heterocycles. The van der Waals surface area contributed by atoms with Gasteiger partial charge in [-0.1, -0.05) is 0 Å². The lowest BCUT2D eigenvalue weighted by molar-refractivity contribution is 0.0884. The SMILES string of the molecule is O=C(NC1CCC(Oc2ncccn2)CC1)c1ccoc1. The van der Waals surface area contributed by atoms with Crippen LogP contribution in [-0.4, -0.2) is 28.0 Å². The molecule has 1 saturated carbocycles. The summed E-state index contributed by atoms with van der Waals surface area (Å²) in [6.45, 7) is 0. The number of nitrogens with one attached hydrogen (secondary N) is 1. The first-order valence-corrected chi connectivity index (χ1v) is 7.08. The van der Waals surface area contributed by atoms with Crippen molar-refractivity contribution in [3.63, 3.8) is 0 Å². The maximum atomic E-state index is 11.9. The summed E-state index contributed by atoms with van der Waals surface area (Å²) in [7, 11) is 0. The first kappa shape index (κ1) is 13.6. The third kappa shape index (κ3) is 3.59. The van der Waals surface area contributed by atoms with Gasteiger partial charge in [0.15, 0.2) is 0 Å². The van der Waals surface area contributed by atoms with Crippen molar-refractivity contribution in [3.05, 3.63) is 42.6 Å². The first-order chi connectivity index (χ1) is 10.3. The summed E-state index contributed by atoms with van der Waals surface area (Å²) in [6, 6.07) is 4.03. The summed E-state index contributed by atoms with van der Waals surface area (Å²) >= 11 is 0. The van der Waals surface area contributed by atoms with Gasteiger partial charge in [-0.15, -0.1) is 0 Å². The van der Waals surface area contributed by atoms with Gasteiger partial charge in [0, 0.05) is 18.4 Å². The minimum Gasteiger partial charge on any atom is -0.472 e. The van der Waals surface area contributed by atoms with Crippen LogP contribution >= 0.6 is 0 Å². The van der Waals surface area contributed by atoms with Crippen LogP contribution in [0.3, 0.4) is 0 Å². The largest absolute Gasteiger partial charge is 0.472 e. The normalized spacial score (nSPS) is 21.7. The summed E-state index contributed by atoms with van der Waals surface area (Å²) in [6.07, 6.45) is 9.95. The van der Waals surface area contributed by atoms with Crippen LogP contribution in [0.5, 0.6) is 6.01 Å². The average molecular weight is 287 g/mol. The molecule has 2 aromatic rings. The monoisotopic (exact) mass is 287 g/mol. The first-order valence-electron chi connectivity index (χ1n) is 7.08. The molecule has 0 atom stereocenters. The quantitative estimate of drug-likeness (QED) is 0.932. The minimum atomic E-state index is -0.0838. The molecule has 21 heavy (non-hydrogen) atoms. The average Bonchev–Trinajstić information content (AvgIpc) is 3.05. The predicted molar refractivity (Wildman–Crippen MR) is 74.9 cm³/mol. The zero-order valence-corrected chi connectivity index (χ0v) is 11.6. The molecule has 1 amide bonds. The number of aromatic nitrogens is 2. The minimum absolute atomic E-state index is 0.0838. The van der Waals surface area contributed by atoms with Crippen molar-refractivity contribution in [2.75, 3.05) is 0 Å². The van der Waals surface area contributed by atoms with Crippen LogP contribution in [0.1, 0.15) is 36.0 Å². The van der Waals surface area contributed by atoms with Gasteiger partial charge in [-0.25, -0.2) is 9.97 Å². The van der Waals surface area contributed by atoms with E-state index in [1.54, 1.807) is 24.5 Å². The molecular formula is C15H17N3O3. The maximum absolute atomic E-state index is 11.9. The number of carbonyl (C=O) groups excluding carboxylic acids is 1. The van der Waals surface area contributed by atoms with Crippen molar-refractivity contribution < 1.29 is 13.9 Å². The molecule has 110 valence electrons. The Hall–Kier alpha value is -2.37. The number of rotatable bonds is 4. The lowest BCUT2D eigenvalue weighted by Crippen LogP contribution is -2.39. The van der Waals surface area contributed by atoms with Crippen molar-refractivity contribution in [2.24, 2.45) is 0 Å². The highest BCUT2D eigenvalue weighted by atomic mass is 16.5. The molecule has 1 aliphatic rings. The number of carbonyl (C=O) groups is 1. The van der Waals surface area contributed by atoms with Crippen LogP contribution in [0, 0.1) is 0 Å². The number of hydrogen-bond donors (Lipinski definition) is 1. The van der Waals surface area contributed by atoms with Gasteiger partial charge in [0.2, 0.25) is 0 Å². The fourth-order valence-corrected chi connectivity index (χ4v) is 2.48. The Morgan fingerprint density at radius 3 is 2.67 bits per heavy atom. The molecule has 6 nitrogen and oxygen atoms in total. The molecule has 0 spiro atoms. The van der Waals surface area contributed by atoms with E-state index in [4.69, 9.17) is 9.15 Å². The summed E-state index contributed by atoms with van der Waals surface area (Å²) in [5.74, 6) is -0.0838. The molecule has 0 aromatic carbocycles. The highest BCUT2D eigenvalue weighted by molar-refractivity contribution is 5.93. The molecule has 3 rings (SSSR count). The van der Waals surface area contributed by atoms with E-state index in [0.29, 0.717) is 11.6 Å². The van der Waals surface area contributed by atoms with Crippen LogP contribution in [0.2, 0.25) is 0 Å². The van der Waals surface area contributed by atoms with Crippen molar-refractivity contribution in [3.8, 4) is 6.01 Å². The number of amides is 1. The van der Waals surface area contributed by atoms with Crippen LogP contribution in [0.15, 0.2) is 41.5 Å². The van der Waals surface area contributed by atoms with Gasteiger partial charge in [0.25, 0.3) is 5.91 Å². The zero-order valence-electron chi connectivity index (χ0n) is 11.6. The van der Waals surface area contributed by atoms with Gasteiger partial charge in [0.1, 0.15) is 12.4 Å². The number of furan rings is 1. The zero-order chi connectivity index (χ0) is 14.5. The van der Waals surface area contributed by atoms with Crippen molar-refractivity contribution in [2.45, 2.75) is 37.8 Å². The van der Waals surface area contributed by atoms with E-state index < -0.39 is 0 Å². The molecule has 1 fully saturated rings. The van der Waals surface area contributed by atoms with Gasteiger partial charge < -0.3 is 14.5 Å². The molecule has 0 unspecified atom stereocenters. The van der Waals surface area contributed by atoms with Gasteiger partial charge in [-0.3, -0.25) is 4.79 Å². The number of ether oxygens (including phenoxy) is 1. The van der Waals surface area contributed by atoms with Crippen LogP contribution in [0.4, 0.5) is 0 Å². The Balaban J connectivity index is 1.46. The molecule has 0 saturated heterocycles. The summed E-state index contributed by atoms with van der Waals surface area (Å²) in [5.41, 5.74) is 0.561. The fraction of sp³-hybridized carbons (Fsp3) is 0.400. The molecule has 2 heterocycles. The molecule has 0 bridgehead atoms.